The highest BCUT2D eigenvalue weighted by atomic mass is 35.5. The molecule has 158 valence electrons. The summed E-state index contributed by atoms with van der Waals surface area (Å²) in [6, 6.07) is 20.3. The molecule has 3 atom stereocenters. The van der Waals surface area contributed by atoms with Gasteiger partial charge in [0.25, 0.3) is 0 Å². The summed E-state index contributed by atoms with van der Waals surface area (Å²) >= 11 is 6.18. The van der Waals surface area contributed by atoms with Gasteiger partial charge in [0.15, 0.2) is 0 Å². The van der Waals surface area contributed by atoms with E-state index in [2.05, 4.69) is 47.4 Å². The van der Waals surface area contributed by atoms with Gasteiger partial charge in [-0.3, -0.25) is 9.89 Å². The minimum absolute atomic E-state index is 0.0145. The monoisotopic (exact) mass is 420 g/mol. The first kappa shape index (κ1) is 20.3. The average Bonchev–Trinajstić information content (AvgIpc) is 3.43. The zero-order chi connectivity index (χ0) is 20.4. The molecule has 1 spiro atoms. The third-order valence-electron chi connectivity index (χ3n) is 7.33. The van der Waals surface area contributed by atoms with Crippen LogP contribution < -0.4 is 0 Å². The van der Waals surface area contributed by atoms with Crippen molar-refractivity contribution >= 4 is 17.3 Å². The van der Waals surface area contributed by atoms with Crippen molar-refractivity contribution in [1.29, 1.82) is 0 Å². The van der Waals surface area contributed by atoms with Crippen molar-refractivity contribution in [2.45, 2.75) is 88.4 Å². The van der Waals surface area contributed by atoms with Crippen LogP contribution in [-0.2, 0) is 0 Å². The molecule has 0 amide bonds. The van der Waals surface area contributed by atoms with Gasteiger partial charge in [-0.05, 0) is 48.9 Å². The second-order valence-electron chi connectivity index (χ2n) is 9.38. The molecule has 2 aromatic carbocycles. The van der Waals surface area contributed by atoms with Crippen molar-refractivity contribution in [3.05, 3.63) is 70.7 Å². The summed E-state index contributed by atoms with van der Waals surface area (Å²) in [5.74, 6) is 0. The van der Waals surface area contributed by atoms with Crippen LogP contribution in [0.1, 0.15) is 87.8 Å². The summed E-state index contributed by atoms with van der Waals surface area (Å²) in [4.78, 5) is 8.26. The van der Waals surface area contributed by atoms with Crippen molar-refractivity contribution in [3.63, 3.8) is 0 Å². The van der Waals surface area contributed by atoms with Crippen LogP contribution in [0.15, 0.2) is 59.6 Å². The van der Waals surface area contributed by atoms with Crippen LogP contribution in [0.4, 0.5) is 0 Å². The maximum absolute atomic E-state index is 6.18. The summed E-state index contributed by atoms with van der Waals surface area (Å²) in [7, 11) is 0. The van der Waals surface area contributed by atoms with E-state index in [0.29, 0.717) is 12.1 Å². The SMILES string of the molecule is Clc1ccc(C2=NC3(CCCCCCCCCCC3)N3C2C3c2ccccc2)cc1. The molecule has 3 unspecified atom stereocenters. The van der Waals surface area contributed by atoms with E-state index in [1.807, 2.05) is 12.1 Å². The number of hydrogen-bond donors (Lipinski definition) is 0. The van der Waals surface area contributed by atoms with Crippen LogP contribution in [0.25, 0.3) is 0 Å². The van der Waals surface area contributed by atoms with Crippen LogP contribution in [0.5, 0.6) is 0 Å². The van der Waals surface area contributed by atoms with Gasteiger partial charge in [-0.1, -0.05) is 99.0 Å². The molecule has 2 heterocycles. The number of benzene rings is 2. The fourth-order valence-electron chi connectivity index (χ4n) is 5.78. The standard InChI is InChI=1S/C27H33ClN2/c28-23-17-15-21(16-18-23)24-26-25(22-13-9-8-10-14-22)30(26)27(29-24)19-11-6-4-2-1-3-5-7-12-20-27/h8-10,13-18,25-26H,1-7,11-12,19-20H2. The van der Waals surface area contributed by atoms with Crippen LogP contribution in [0.2, 0.25) is 5.02 Å². The van der Waals surface area contributed by atoms with Crippen LogP contribution in [0, 0.1) is 0 Å². The van der Waals surface area contributed by atoms with Crippen LogP contribution >= 0.6 is 11.6 Å². The van der Waals surface area contributed by atoms with E-state index >= 15 is 0 Å². The lowest BCUT2D eigenvalue weighted by Gasteiger charge is -2.31. The Hall–Kier alpha value is -1.64. The summed E-state index contributed by atoms with van der Waals surface area (Å²) in [5.41, 5.74) is 3.96. The number of rotatable bonds is 2. The Bertz CT molecular complexity index is 861. The molecular weight excluding hydrogens is 388 g/mol. The Morgan fingerprint density at radius 3 is 1.87 bits per heavy atom. The first-order valence-electron chi connectivity index (χ1n) is 12.0. The van der Waals surface area contributed by atoms with Gasteiger partial charge in [0.1, 0.15) is 5.66 Å². The predicted molar refractivity (Wildman–Crippen MR) is 126 cm³/mol. The molecule has 1 saturated carbocycles. The smallest absolute Gasteiger partial charge is 0.114 e. The van der Waals surface area contributed by atoms with Crippen molar-refractivity contribution in [3.8, 4) is 0 Å². The maximum Gasteiger partial charge on any atom is 0.114 e. The third-order valence-corrected chi connectivity index (χ3v) is 7.59. The Kier molecular flexibility index (Phi) is 5.98. The van der Waals surface area contributed by atoms with E-state index in [9.17, 15) is 0 Å². The van der Waals surface area contributed by atoms with Crippen molar-refractivity contribution < 1.29 is 0 Å². The molecule has 0 N–H and O–H groups in total. The molecule has 2 aromatic rings. The van der Waals surface area contributed by atoms with Crippen molar-refractivity contribution in [1.82, 2.24) is 4.90 Å². The molecule has 2 fully saturated rings. The lowest BCUT2D eigenvalue weighted by atomic mass is 9.92. The molecule has 2 aliphatic heterocycles. The van der Waals surface area contributed by atoms with E-state index in [0.717, 1.165) is 5.02 Å². The first-order chi connectivity index (χ1) is 14.8. The Morgan fingerprint density at radius 1 is 0.700 bits per heavy atom. The van der Waals surface area contributed by atoms with Gasteiger partial charge in [-0.15, -0.1) is 0 Å². The maximum atomic E-state index is 6.18. The van der Waals surface area contributed by atoms with Gasteiger partial charge in [-0.25, -0.2) is 0 Å². The van der Waals surface area contributed by atoms with Gasteiger partial charge in [-0.2, -0.15) is 0 Å². The molecule has 0 bridgehead atoms. The number of halogens is 1. The highest BCUT2D eigenvalue weighted by Crippen LogP contribution is 2.58. The van der Waals surface area contributed by atoms with E-state index in [1.165, 1.54) is 87.5 Å². The number of aliphatic imine (C=N–C) groups is 1. The molecular formula is C27H33ClN2. The van der Waals surface area contributed by atoms with E-state index in [4.69, 9.17) is 16.6 Å². The lowest BCUT2D eigenvalue weighted by molar-refractivity contribution is 0.182. The van der Waals surface area contributed by atoms with Gasteiger partial charge in [0.2, 0.25) is 0 Å². The third kappa shape index (κ3) is 3.97. The van der Waals surface area contributed by atoms with Gasteiger partial charge >= 0.3 is 0 Å². The quantitative estimate of drug-likeness (QED) is 0.457. The fraction of sp³-hybridized carbons (Fsp3) is 0.519. The number of fused-ring (bicyclic) bond motifs is 2. The molecule has 30 heavy (non-hydrogen) atoms. The molecule has 2 nitrogen and oxygen atoms in total. The predicted octanol–water partition coefficient (Wildman–Crippen LogP) is 7.57. The minimum atomic E-state index is -0.0145. The molecule has 3 heteroatoms. The topological polar surface area (TPSA) is 15.4 Å². The zero-order valence-electron chi connectivity index (χ0n) is 17.9. The molecule has 3 aliphatic rings. The molecule has 0 aromatic heterocycles. The van der Waals surface area contributed by atoms with Gasteiger partial charge in [0, 0.05) is 5.02 Å². The largest absolute Gasteiger partial charge is 0.265 e. The number of hydrogen-bond acceptors (Lipinski definition) is 2. The lowest BCUT2D eigenvalue weighted by Crippen LogP contribution is -2.34. The van der Waals surface area contributed by atoms with Crippen LogP contribution in [0.3, 0.4) is 0 Å². The average molecular weight is 421 g/mol. The Labute approximate surface area is 186 Å². The number of nitrogens with zero attached hydrogens (tertiary/aromatic N) is 2. The van der Waals surface area contributed by atoms with Gasteiger partial charge in [0.05, 0.1) is 17.8 Å². The van der Waals surface area contributed by atoms with E-state index < -0.39 is 0 Å². The summed E-state index contributed by atoms with van der Waals surface area (Å²) in [6.45, 7) is 0. The highest BCUT2D eigenvalue weighted by molar-refractivity contribution is 6.30. The molecule has 0 radical (unpaired) electrons. The molecule has 5 rings (SSSR count). The Morgan fingerprint density at radius 2 is 1.27 bits per heavy atom. The van der Waals surface area contributed by atoms with Crippen LogP contribution in [-0.4, -0.2) is 22.3 Å². The molecule has 1 aliphatic carbocycles. The zero-order valence-corrected chi connectivity index (χ0v) is 18.7. The van der Waals surface area contributed by atoms with Gasteiger partial charge < -0.3 is 0 Å². The fourth-order valence-corrected chi connectivity index (χ4v) is 5.90. The normalized spacial score (nSPS) is 28.8. The summed E-state index contributed by atoms with van der Waals surface area (Å²) in [6.07, 6.45) is 14.7. The highest BCUT2D eigenvalue weighted by Gasteiger charge is 2.64. The second-order valence-corrected chi connectivity index (χ2v) is 9.81. The summed E-state index contributed by atoms with van der Waals surface area (Å²) < 4.78 is 0. The van der Waals surface area contributed by atoms with E-state index in [1.54, 1.807) is 0 Å². The van der Waals surface area contributed by atoms with E-state index in [-0.39, 0.29) is 5.66 Å². The van der Waals surface area contributed by atoms with Crippen molar-refractivity contribution in [2.75, 3.05) is 0 Å². The first-order valence-corrected chi connectivity index (χ1v) is 12.4. The Balaban J connectivity index is 1.48. The van der Waals surface area contributed by atoms with Crippen molar-refractivity contribution in [2.24, 2.45) is 4.99 Å². The minimum Gasteiger partial charge on any atom is -0.265 e. The summed E-state index contributed by atoms with van der Waals surface area (Å²) in [5, 5.41) is 0.797. The second kappa shape index (κ2) is 8.85. The molecule has 1 saturated heterocycles.